The van der Waals surface area contributed by atoms with Crippen molar-refractivity contribution in [3.05, 3.63) is 0 Å². The molecule has 1 rings (SSSR count). The smallest absolute Gasteiger partial charge is 0.279 e. The second-order valence-electron chi connectivity index (χ2n) is 4.34. The van der Waals surface area contributed by atoms with Crippen LogP contribution in [0.5, 0.6) is 0 Å². The summed E-state index contributed by atoms with van der Waals surface area (Å²) in [6.07, 6.45) is 1.99. The first kappa shape index (κ1) is 14.8. The molecule has 5 nitrogen and oxygen atoms in total. The van der Waals surface area contributed by atoms with E-state index in [0.717, 1.165) is 19.4 Å². The van der Waals surface area contributed by atoms with Gasteiger partial charge in [-0.3, -0.25) is 4.39 Å². The molecular formula is C10H22FN3O2S. The Morgan fingerprint density at radius 2 is 2.00 bits per heavy atom. The van der Waals surface area contributed by atoms with Gasteiger partial charge in [0.2, 0.25) is 0 Å². The topological polar surface area (TPSA) is 61.4 Å². The van der Waals surface area contributed by atoms with Crippen molar-refractivity contribution in [3.63, 3.8) is 0 Å². The summed E-state index contributed by atoms with van der Waals surface area (Å²) in [7, 11) is -1.49. The first-order valence-electron chi connectivity index (χ1n) is 6.05. The van der Waals surface area contributed by atoms with Crippen molar-refractivity contribution >= 4 is 10.2 Å². The number of piperidine rings is 1. The number of hydrogen-bond donors (Lipinski definition) is 2. The lowest BCUT2D eigenvalue weighted by molar-refractivity contribution is 0.268. The van der Waals surface area contributed by atoms with Crippen molar-refractivity contribution in [3.8, 4) is 0 Å². The molecule has 0 spiro atoms. The van der Waals surface area contributed by atoms with E-state index in [9.17, 15) is 12.8 Å². The van der Waals surface area contributed by atoms with Gasteiger partial charge in [-0.15, -0.1) is 0 Å². The highest BCUT2D eigenvalue weighted by Crippen LogP contribution is 2.18. The molecular weight excluding hydrogens is 245 g/mol. The molecule has 1 fully saturated rings. The maximum Gasteiger partial charge on any atom is 0.279 e. The third-order valence-corrected chi connectivity index (χ3v) is 4.61. The van der Waals surface area contributed by atoms with Crippen LogP contribution in [0.4, 0.5) is 4.39 Å². The van der Waals surface area contributed by atoms with Crippen molar-refractivity contribution in [1.29, 1.82) is 0 Å². The quantitative estimate of drug-likeness (QED) is 0.644. The largest absolute Gasteiger partial charge is 0.319 e. The molecule has 1 aliphatic heterocycles. The van der Waals surface area contributed by atoms with Crippen LogP contribution >= 0.6 is 0 Å². The fraction of sp³-hybridized carbons (Fsp3) is 1.00. The minimum atomic E-state index is -3.40. The Morgan fingerprint density at radius 3 is 2.53 bits per heavy atom. The molecule has 1 heterocycles. The van der Waals surface area contributed by atoms with E-state index in [2.05, 4.69) is 10.0 Å². The van der Waals surface area contributed by atoms with Gasteiger partial charge in [-0.05, 0) is 38.8 Å². The average Bonchev–Trinajstić information content (AvgIpc) is 2.30. The monoisotopic (exact) mass is 267 g/mol. The van der Waals surface area contributed by atoms with E-state index >= 15 is 0 Å². The molecule has 102 valence electrons. The van der Waals surface area contributed by atoms with Crippen LogP contribution in [-0.2, 0) is 10.2 Å². The average molecular weight is 267 g/mol. The summed E-state index contributed by atoms with van der Waals surface area (Å²) in [4.78, 5) is 0. The third kappa shape index (κ3) is 4.87. The van der Waals surface area contributed by atoms with Crippen molar-refractivity contribution in [2.24, 2.45) is 5.92 Å². The summed E-state index contributed by atoms with van der Waals surface area (Å²) in [5.41, 5.74) is 0. The van der Waals surface area contributed by atoms with E-state index in [4.69, 9.17) is 0 Å². The van der Waals surface area contributed by atoms with Crippen LogP contribution in [0.15, 0.2) is 0 Å². The molecule has 7 heteroatoms. The van der Waals surface area contributed by atoms with E-state index in [-0.39, 0.29) is 13.0 Å². The first-order valence-corrected chi connectivity index (χ1v) is 7.49. The Balaban J connectivity index is 2.36. The molecule has 1 aliphatic rings. The molecule has 0 aliphatic carbocycles. The van der Waals surface area contributed by atoms with Gasteiger partial charge in [0.15, 0.2) is 0 Å². The number of rotatable bonds is 7. The SMILES string of the molecule is CNCC1CCN(S(=O)(=O)NCCCF)CC1. The molecule has 0 bridgehead atoms. The van der Waals surface area contributed by atoms with Crippen molar-refractivity contribution in [2.45, 2.75) is 19.3 Å². The first-order chi connectivity index (χ1) is 8.10. The standard InChI is InChI=1S/C10H22FN3O2S/c1-12-9-10-3-7-14(8-4-10)17(15,16)13-6-2-5-11/h10,12-13H,2-9H2,1H3. The Hall–Kier alpha value is -0.240. The molecule has 0 aromatic heterocycles. The van der Waals surface area contributed by atoms with Crippen LogP contribution in [0, 0.1) is 5.92 Å². The molecule has 0 amide bonds. The molecule has 0 saturated carbocycles. The summed E-state index contributed by atoms with van der Waals surface area (Å²) >= 11 is 0. The highest BCUT2D eigenvalue weighted by molar-refractivity contribution is 7.87. The Bertz CT molecular complexity index is 303. The van der Waals surface area contributed by atoms with Crippen LogP contribution in [0.2, 0.25) is 0 Å². The fourth-order valence-electron chi connectivity index (χ4n) is 2.00. The Labute approximate surface area is 103 Å². The zero-order valence-corrected chi connectivity index (χ0v) is 11.1. The highest BCUT2D eigenvalue weighted by Gasteiger charge is 2.26. The van der Waals surface area contributed by atoms with Crippen LogP contribution in [0.25, 0.3) is 0 Å². The number of nitrogens with zero attached hydrogens (tertiary/aromatic N) is 1. The van der Waals surface area contributed by atoms with Gasteiger partial charge in [0.25, 0.3) is 10.2 Å². The molecule has 0 atom stereocenters. The lowest BCUT2D eigenvalue weighted by Crippen LogP contribution is -2.46. The minimum Gasteiger partial charge on any atom is -0.319 e. The summed E-state index contributed by atoms with van der Waals surface area (Å²) in [5.74, 6) is 0.553. The summed E-state index contributed by atoms with van der Waals surface area (Å²) in [6.45, 7) is 1.72. The van der Waals surface area contributed by atoms with E-state index in [1.807, 2.05) is 7.05 Å². The van der Waals surface area contributed by atoms with Gasteiger partial charge < -0.3 is 5.32 Å². The van der Waals surface area contributed by atoms with Gasteiger partial charge in [0.1, 0.15) is 0 Å². The summed E-state index contributed by atoms with van der Waals surface area (Å²) < 4.78 is 39.4. The van der Waals surface area contributed by atoms with E-state index < -0.39 is 16.9 Å². The Morgan fingerprint density at radius 1 is 1.35 bits per heavy atom. The lowest BCUT2D eigenvalue weighted by atomic mass is 9.98. The van der Waals surface area contributed by atoms with Crippen LogP contribution < -0.4 is 10.0 Å². The number of nitrogens with one attached hydrogen (secondary N) is 2. The highest BCUT2D eigenvalue weighted by atomic mass is 32.2. The van der Waals surface area contributed by atoms with Gasteiger partial charge in [-0.25, -0.2) is 4.72 Å². The molecule has 0 unspecified atom stereocenters. The lowest BCUT2D eigenvalue weighted by Gasteiger charge is -2.31. The van der Waals surface area contributed by atoms with E-state index in [1.165, 1.54) is 4.31 Å². The van der Waals surface area contributed by atoms with Gasteiger partial charge in [-0.1, -0.05) is 0 Å². The van der Waals surface area contributed by atoms with Crippen molar-refractivity contribution < 1.29 is 12.8 Å². The second kappa shape index (κ2) is 7.25. The number of alkyl halides is 1. The van der Waals surface area contributed by atoms with Crippen molar-refractivity contribution in [1.82, 2.24) is 14.3 Å². The summed E-state index contributed by atoms with van der Waals surface area (Å²) in [5, 5.41) is 3.11. The Kier molecular flexibility index (Phi) is 6.32. The fourth-order valence-corrected chi connectivity index (χ4v) is 3.28. The second-order valence-corrected chi connectivity index (χ2v) is 6.10. The van der Waals surface area contributed by atoms with Crippen LogP contribution in [0.1, 0.15) is 19.3 Å². The molecule has 0 radical (unpaired) electrons. The zero-order valence-electron chi connectivity index (χ0n) is 10.3. The van der Waals surface area contributed by atoms with Crippen LogP contribution in [0.3, 0.4) is 0 Å². The maximum absolute atomic E-state index is 11.9. The molecule has 0 aromatic carbocycles. The number of hydrogen-bond acceptors (Lipinski definition) is 3. The van der Waals surface area contributed by atoms with Crippen molar-refractivity contribution in [2.75, 3.05) is 39.9 Å². The molecule has 17 heavy (non-hydrogen) atoms. The van der Waals surface area contributed by atoms with Gasteiger partial charge >= 0.3 is 0 Å². The van der Waals surface area contributed by atoms with Gasteiger partial charge in [0, 0.05) is 19.6 Å². The van der Waals surface area contributed by atoms with Crippen LogP contribution in [-0.4, -0.2) is 52.6 Å². The maximum atomic E-state index is 11.9. The summed E-state index contributed by atoms with van der Waals surface area (Å²) in [6, 6.07) is 0. The number of halogens is 1. The predicted molar refractivity (Wildman–Crippen MR) is 65.7 cm³/mol. The van der Waals surface area contributed by atoms with E-state index in [0.29, 0.717) is 19.0 Å². The van der Waals surface area contributed by atoms with Gasteiger partial charge in [-0.2, -0.15) is 12.7 Å². The minimum absolute atomic E-state index is 0.176. The molecule has 1 saturated heterocycles. The predicted octanol–water partition coefficient (Wildman–Crippen LogP) is 0.112. The molecule has 0 aromatic rings. The normalized spacial score (nSPS) is 19.6. The van der Waals surface area contributed by atoms with Gasteiger partial charge in [0.05, 0.1) is 6.67 Å². The zero-order chi connectivity index (χ0) is 12.7. The third-order valence-electron chi connectivity index (χ3n) is 3.00. The van der Waals surface area contributed by atoms with E-state index in [1.54, 1.807) is 0 Å². The molecule has 2 N–H and O–H groups in total.